The van der Waals surface area contributed by atoms with E-state index >= 15 is 0 Å². The molecule has 5 heteroatoms. The van der Waals surface area contributed by atoms with Crippen LogP contribution in [0.2, 0.25) is 0 Å². The average molecular weight is 283 g/mol. The lowest BCUT2D eigenvalue weighted by atomic mass is 10.00. The minimum absolute atomic E-state index is 0.223. The predicted molar refractivity (Wildman–Crippen MR) is 71.6 cm³/mol. The van der Waals surface area contributed by atoms with Gasteiger partial charge in [0.2, 0.25) is 0 Å². The van der Waals surface area contributed by atoms with Gasteiger partial charge in [-0.25, -0.2) is 4.39 Å². The van der Waals surface area contributed by atoms with Gasteiger partial charge in [-0.05, 0) is 41.0 Å². The molecule has 0 saturated heterocycles. The zero-order valence-corrected chi connectivity index (χ0v) is 10.8. The summed E-state index contributed by atoms with van der Waals surface area (Å²) in [6, 6.07) is 11.1. The maximum atomic E-state index is 13.1. The molecule has 19 heavy (non-hydrogen) atoms. The van der Waals surface area contributed by atoms with Crippen molar-refractivity contribution in [1.29, 1.82) is 0 Å². The molecule has 2 aromatic rings. The maximum absolute atomic E-state index is 13.1. The van der Waals surface area contributed by atoms with E-state index in [4.69, 9.17) is 5.73 Å². The Hall–Kier alpha value is -1.46. The topological polar surface area (TPSA) is 26.0 Å². The fourth-order valence-electron chi connectivity index (χ4n) is 1.83. The highest BCUT2D eigenvalue weighted by atomic mass is 32.2. The molecule has 0 atom stereocenters. The van der Waals surface area contributed by atoms with Crippen LogP contribution in [0.4, 0.5) is 13.2 Å². The summed E-state index contributed by atoms with van der Waals surface area (Å²) in [4.78, 5) is 0.496. The summed E-state index contributed by atoms with van der Waals surface area (Å²) in [6.45, 7) is 0.223. The van der Waals surface area contributed by atoms with Crippen LogP contribution in [0.15, 0.2) is 47.4 Å². The van der Waals surface area contributed by atoms with Crippen molar-refractivity contribution in [2.45, 2.75) is 17.2 Å². The third kappa shape index (κ3) is 3.52. The molecular weight excluding hydrogens is 271 g/mol. The Morgan fingerprint density at radius 3 is 2.32 bits per heavy atom. The zero-order chi connectivity index (χ0) is 13.8. The average Bonchev–Trinajstić information content (AvgIpc) is 2.39. The molecule has 0 spiro atoms. The fraction of sp³-hybridized carbons (Fsp3) is 0.143. The number of hydrogen-bond donors (Lipinski definition) is 1. The van der Waals surface area contributed by atoms with Crippen LogP contribution < -0.4 is 5.73 Å². The summed E-state index contributed by atoms with van der Waals surface area (Å²) in [5.41, 5.74) is 7.92. The van der Waals surface area contributed by atoms with Gasteiger partial charge in [-0.1, -0.05) is 30.0 Å². The standard InChI is InChI=1S/C14H12F3NS/c15-11-3-6-13(10(7-11)8-18)9-1-4-12(5-2-9)19-14(16)17/h1-7,14H,8,18H2. The van der Waals surface area contributed by atoms with Crippen molar-refractivity contribution in [3.63, 3.8) is 0 Å². The molecule has 100 valence electrons. The highest BCUT2D eigenvalue weighted by Gasteiger charge is 2.08. The zero-order valence-electron chi connectivity index (χ0n) is 9.95. The van der Waals surface area contributed by atoms with Crippen molar-refractivity contribution in [2.75, 3.05) is 0 Å². The molecule has 0 saturated carbocycles. The first-order valence-corrected chi connectivity index (χ1v) is 6.52. The third-order valence-corrected chi connectivity index (χ3v) is 3.40. The first-order chi connectivity index (χ1) is 9.10. The van der Waals surface area contributed by atoms with Crippen molar-refractivity contribution in [3.05, 3.63) is 53.8 Å². The van der Waals surface area contributed by atoms with E-state index in [2.05, 4.69) is 0 Å². The molecular formula is C14H12F3NS. The Morgan fingerprint density at radius 2 is 1.74 bits per heavy atom. The van der Waals surface area contributed by atoms with Crippen LogP contribution in [-0.4, -0.2) is 5.76 Å². The lowest BCUT2D eigenvalue weighted by Crippen LogP contribution is -1.99. The molecule has 2 aromatic carbocycles. The van der Waals surface area contributed by atoms with E-state index in [9.17, 15) is 13.2 Å². The SMILES string of the molecule is NCc1cc(F)ccc1-c1ccc(SC(F)F)cc1. The number of alkyl halides is 2. The Morgan fingerprint density at radius 1 is 1.05 bits per heavy atom. The molecule has 0 aliphatic rings. The molecule has 0 fully saturated rings. The molecule has 0 aromatic heterocycles. The number of thioether (sulfide) groups is 1. The van der Waals surface area contributed by atoms with Gasteiger partial charge in [0.25, 0.3) is 5.76 Å². The second-order valence-corrected chi connectivity index (χ2v) is 4.97. The summed E-state index contributed by atoms with van der Waals surface area (Å²) >= 11 is 0.497. The van der Waals surface area contributed by atoms with Gasteiger partial charge < -0.3 is 5.73 Å². The van der Waals surface area contributed by atoms with E-state index in [1.807, 2.05) is 0 Å². The number of halogens is 3. The number of hydrogen-bond acceptors (Lipinski definition) is 2. The first kappa shape index (κ1) is 14.0. The summed E-state index contributed by atoms with van der Waals surface area (Å²) in [7, 11) is 0. The van der Waals surface area contributed by atoms with Crippen LogP contribution in [0, 0.1) is 5.82 Å². The second-order valence-electron chi connectivity index (χ2n) is 3.91. The van der Waals surface area contributed by atoms with E-state index in [1.54, 1.807) is 30.3 Å². The minimum Gasteiger partial charge on any atom is -0.326 e. The summed E-state index contributed by atoms with van der Waals surface area (Å²) < 4.78 is 37.5. The van der Waals surface area contributed by atoms with Crippen molar-refractivity contribution in [1.82, 2.24) is 0 Å². The maximum Gasteiger partial charge on any atom is 0.288 e. The minimum atomic E-state index is -2.43. The van der Waals surface area contributed by atoms with Gasteiger partial charge in [-0.2, -0.15) is 8.78 Å². The highest BCUT2D eigenvalue weighted by Crippen LogP contribution is 2.29. The number of nitrogens with two attached hydrogens (primary N) is 1. The molecule has 0 bridgehead atoms. The molecule has 0 heterocycles. The van der Waals surface area contributed by atoms with Gasteiger partial charge in [-0.15, -0.1) is 0 Å². The Bertz CT molecular complexity index is 555. The van der Waals surface area contributed by atoms with Crippen LogP contribution in [-0.2, 0) is 6.54 Å². The van der Waals surface area contributed by atoms with Crippen LogP contribution in [0.3, 0.4) is 0 Å². The van der Waals surface area contributed by atoms with E-state index in [0.29, 0.717) is 22.2 Å². The number of benzene rings is 2. The number of rotatable bonds is 4. The molecule has 2 rings (SSSR count). The lowest BCUT2D eigenvalue weighted by Gasteiger charge is -2.09. The van der Waals surface area contributed by atoms with Crippen LogP contribution in [0.25, 0.3) is 11.1 Å². The third-order valence-electron chi connectivity index (χ3n) is 2.68. The molecule has 0 aliphatic carbocycles. The summed E-state index contributed by atoms with van der Waals surface area (Å²) in [6.07, 6.45) is 0. The second kappa shape index (κ2) is 6.12. The van der Waals surface area contributed by atoms with Crippen LogP contribution >= 0.6 is 11.8 Å². The Kier molecular flexibility index (Phi) is 4.50. The quantitative estimate of drug-likeness (QED) is 0.848. The van der Waals surface area contributed by atoms with Crippen LogP contribution in [0.1, 0.15) is 5.56 Å². The molecule has 0 radical (unpaired) electrons. The molecule has 2 N–H and O–H groups in total. The Balaban J connectivity index is 2.32. The Labute approximate surface area is 113 Å². The van der Waals surface area contributed by atoms with Crippen molar-refractivity contribution in [2.24, 2.45) is 5.73 Å². The normalized spacial score (nSPS) is 11.0. The van der Waals surface area contributed by atoms with Crippen molar-refractivity contribution in [3.8, 4) is 11.1 Å². The van der Waals surface area contributed by atoms with Gasteiger partial charge in [0.05, 0.1) is 0 Å². The largest absolute Gasteiger partial charge is 0.326 e. The van der Waals surface area contributed by atoms with Gasteiger partial charge in [0, 0.05) is 11.4 Å². The van der Waals surface area contributed by atoms with Gasteiger partial charge in [-0.3, -0.25) is 0 Å². The van der Waals surface area contributed by atoms with Crippen molar-refractivity contribution >= 4 is 11.8 Å². The smallest absolute Gasteiger partial charge is 0.288 e. The van der Waals surface area contributed by atoms with Gasteiger partial charge in [0.1, 0.15) is 5.82 Å². The molecule has 0 aliphatic heterocycles. The first-order valence-electron chi connectivity index (χ1n) is 5.64. The van der Waals surface area contributed by atoms with E-state index in [0.717, 1.165) is 11.1 Å². The van der Waals surface area contributed by atoms with Gasteiger partial charge in [0.15, 0.2) is 0 Å². The highest BCUT2D eigenvalue weighted by molar-refractivity contribution is 7.99. The fourth-order valence-corrected chi connectivity index (χ4v) is 2.33. The monoisotopic (exact) mass is 283 g/mol. The van der Waals surface area contributed by atoms with E-state index in [1.165, 1.54) is 12.1 Å². The van der Waals surface area contributed by atoms with E-state index in [-0.39, 0.29) is 12.4 Å². The molecule has 1 nitrogen and oxygen atoms in total. The molecule has 0 unspecified atom stereocenters. The summed E-state index contributed by atoms with van der Waals surface area (Å²) in [5.74, 6) is -2.77. The summed E-state index contributed by atoms with van der Waals surface area (Å²) in [5, 5.41) is 0. The van der Waals surface area contributed by atoms with Gasteiger partial charge >= 0.3 is 0 Å². The molecule has 0 amide bonds. The van der Waals surface area contributed by atoms with Crippen LogP contribution in [0.5, 0.6) is 0 Å². The lowest BCUT2D eigenvalue weighted by molar-refractivity contribution is 0.252. The predicted octanol–water partition coefficient (Wildman–Crippen LogP) is 4.27. The van der Waals surface area contributed by atoms with Crippen molar-refractivity contribution < 1.29 is 13.2 Å². The van der Waals surface area contributed by atoms with E-state index < -0.39 is 5.76 Å².